The summed E-state index contributed by atoms with van der Waals surface area (Å²) in [5, 5.41) is 5.03. The Hall–Kier alpha value is -2.02. The van der Waals surface area contributed by atoms with Crippen LogP contribution in [-0.4, -0.2) is 17.4 Å². The lowest BCUT2D eigenvalue weighted by Gasteiger charge is -2.09. The number of hydrogen-bond acceptors (Lipinski definition) is 3. The van der Waals surface area contributed by atoms with Crippen molar-refractivity contribution in [3.63, 3.8) is 0 Å². The van der Waals surface area contributed by atoms with E-state index in [1.54, 1.807) is 19.1 Å². The van der Waals surface area contributed by atoms with Crippen LogP contribution >= 0.6 is 15.9 Å². The average Bonchev–Trinajstić information content (AvgIpc) is 2.45. The van der Waals surface area contributed by atoms with E-state index in [4.69, 9.17) is 0 Å². The van der Waals surface area contributed by atoms with Gasteiger partial charge in [0.05, 0.1) is 0 Å². The smallest absolute Gasteiger partial charge is 0.257 e. The SMILES string of the molecule is CCNc1c(F)cc(C(=O)Nc2ccc(Br)cn2)cc1F. The van der Waals surface area contributed by atoms with E-state index < -0.39 is 17.5 Å². The molecule has 0 spiro atoms. The van der Waals surface area contributed by atoms with Gasteiger partial charge < -0.3 is 10.6 Å². The van der Waals surface area contributed by atoms with Crippen LogP contribution in [0.5, 0.6) is 0 Å². The Morgan fingerprint density at radius 3 is 2.48 bits per heavy atom. The van der Waals surface area contributed by atoms with Gasteiger partial charge in [-0.15, -0.1) is 0 Å². The van der Waals surface area contributed by atoms with E-state index in [1.807, 2.05) is 0 Å². The zero-order valence-corrected chi connectivity index (χ0v) is 12.7. The van der Waals surface area contributed by atoms with Gasteiger partial charge in [-0.25, -0.2) is 13.8 Å². The van der Waals surface area contributed by atoms with Crippen molar-refractivity contribution >= 4 is 33.3 Å². The molecule has 1 aromatic heterocycles. The maximum Gasteiger partial charge on any atom is 0.257 e. The van der Waals surface area contributed by atoms with Crippen molar-refractivity contribution in [3.8, 4) is 0 Å². The Morgan fingerprint density at radius 1 is 1.29 bits per heavy atom. The van der Waals surface area contributed by atoms with E-state index in [2.05, 4.69) is 31.5 Å². The van der Waals surface area contributed by atoms with Crippen LogP contribution in [-0.2, 0) is 0 Å². The Labute approximate surface area is 128 Å². The largest absolute Gasteiger partial charge is 0.381 e. The maximum atomic E-state index is 13.7. The Balaban J connectivity index is 2.21. The second-order valence-electron chi connectivity index (χ2n) is 4.16. The van der Waals surface area contributed by atoms with E-state index in [0.717, 1.165) is 16.6 Å². The Kier molecular flexibility index (Phi) is 4.85. The molecule has 0 radical (unpaired) electrons. The van der Waals surface area contributed by atoms with Gasteiger partial charge in [0.2, 0.25) is 0 Å². The number of pyridine rings is 1. The number of hydrogen-bond donors (Lipinski definition) is 2. The van der Waals surface area contributed by atoms with Crippen molar-refractivity contribution in [2.75, 3.05) is 17.2 Å². The van der Waals surface area contributed by atoms with Crippen molar-refractivity contribution in [3.05, 3.63) is 52.1 Å². The second-order valence-corrected chi connectivity index (χ2v) is 5.08. The minimum absolute atomic E-state index is 0.114. The molecule has 1 amide bonds. The van der Waals surface area contributed by atoms with Gasteiger partial charge in [0, 0.05) is 22.8 Å². The second kappa shape index (κ2) is 6.62. The fourth-order valence-corrected chi connectivity index (χ4v) is 1.92. The molecule has 21 heavy (non-hydrogen) atoms. The zero-order chi connectivity index (χ0) is 15.4. The molecule has 1 aromatic carbocycles. The minimum Gasteiger partial charge on any atom is -0.381 e. The third-order valence-corrected chi connectivity index (χ3v) is 3.10. The molecule has 110 valence electrons. The number of nitrogens with zero attached hydrogens (tertiary/aromatic N) is 1. The van der Waals surface area contributed by atoms with Gasteiger partial charge in [-0.3, -0.25) is 4.79 Å². The summed E-state index contributed by atoms with van der Waals surface area (Å²) in [6, 6.07) is 5.23. The molecule has 0 saturated carbocycles. The predicted molar refractivity (Wildman–Crippen MR) is 80.4 cm³/mol. The standard InChI is InChI=1S/C14H12BrF2N3O/c1-2-18-13-10(16)5-8(6-11(13)17)14(21)20-12-4-3-9(15)7-19-12/h3-7,18H,2H2,1H3,(H,19,20,21). The van der Waals surface area contributed by atoms with E-state index in [1.165, 1.54) is 6.20 Å². The molecule has 0 aliphatic heterocycles. The molecule has 2 N–H and O–H groups in total. The van der Waals surface area contributed by atoms with Gasteiger partial charge in [0.15, 0.2) is 0 Å². The normalized spacial score (nSPS) is 10.3. The lowest BCUT2D eigenvalue weighted by molar-refractivity contribution is 0.102. The van der Waals surface area contributed by atoms with Crippen LogP contribution in [0.25, 0.3) is 0 Å². The van der Waals surface area contributed by atoms with Crippen LogP contribution in [0.2, 0.25) is 0 Å². The molecule has 7 heteroatoms. The first-order valence-corrected chi connectivity index (χ1v) is 6.96. The number of anilines is 2. The quantitative estimate of drug-likeness (QED) is 0.876. The fourth-order valence-electron chi connectivity index (χ4n) is 1.69. The van der Waals surface area contributed by atoms with Gasteiger partial charge in [-0.1, -0.05) is 0 Å². The van der Waals surface area contributed by atoms with Crippen molar-refractivity contribution in [2.45, 2.75) is 6.92 Å². The number of carbonyl (C=O) groups is 1. The van der Waals surface area contributed by atoms with Crippen LogP contribution in [0, 0.1) is 11.6 Å². The molecule has 4 nitrogen and oxygen atoms in total. The predicted octanol–water partition coefficient (Wildman–Crippen LogP) is 3.81. The highest BCUT2D eigenvalue weighted by Crippen LogP contribution is 2.21. The summed E-state index contributed by atoms with van der Waals surface area (Å²) < 4.78 is 28.2. The van der Waals surface area contributed by atoms with Crippen LogP contribution < -0.4 is 10.6 Å². The lowest BCUT2D eigenvalue weighted by Crippen LogP contribution is -2.14. The van der Waals surface area contributed by atoms with Crippen LogP contribution in [0.15, 0.2) is 34.9 Å². The van der Waals surface area contributed by atoms with Crippen LogP contribution in [0.1, 0.15) is 17.3 Å². The molecule has 0 unspecified atom stereocenters. The average molecular weight is 356 g/mol. The number of nitrogens with one attached hydrogen (secondary N) is 2. The molecule has 1 heterocycles. The van der Waals surface area contributed by atoms with Gasteiger partial charge in [-0.05, 0) is 47.1 Å². The first kappa shape index (κ1) is 15.4. The molecule has 0 aliphatic carbocycles. The topological polar surface area (TPSA) is 54.0 Å². The van der Waals surface area contributed by atoms with Gasteiger partial charge in [0.1, 0.15) is 23.1 Å². The molecule has 0 fully saturated rings. The molecule has 0 bridgehead atoms. The highest BCUT2D eigenvalue weighted by Gasteiger charge is 2.15. The Bertz CT molecular complexity index is 639. The van der Waals surface area contributed by atoms with E-state index in [0.29, 0.717) is 12.4 Å². The fraction of sp³-hybridized carbons (Fsp3) is 0.143. The molecular formula is C14H12BrF2N3O. The van der Waals surface area contributed by atoms with E-state index in [9.17, 15) is 13.6 Å². The number of rotatable bonds is 4. The number of halogens is 3. The maximum absolute atomic E-state index is 13.7. The lowest BCUT2D eigenvalue weighted by atomic mass is 10.1. The molecular weight excluding hydrogens is 344 g/mol. The number of benzene rings is 1. The number of aromatic nitrogens is 1. The van der Waals surface area contributed by atoms with Crippen LogP contribution in [0.4, 0.5) is 20.3 Å². The summed E-state index contributed by atoms with van der Waals surface area (Å²) in [5.74, 6) is -1.97. The Morgan fingerprint density at radius 2 is 1.95 bits per heavy atom. The third-order valence-electron chi connectivity index (χ3n) is 2.63. The highest BCUT2D eigenvalue weighted by molar-refractivity contribution is 9.10. The van der Waals surface area contributed by atoms with Crippen molar-refractivity contribution in [1.29, 1.82) is 0 Å². The number of carbonyl (C=O) groups excluding carboxylic acids is 1. The van der Waals surface area contributed by atoms with E-state index in [-0.39, 0.29) is 11.3 Å². The van der Waals surface area contributed by atoms with Crippen LogP contribution in [0.3, 0.4) is 0 Å². The van der Waals surface area contributed by atoms with Crippen molar-refractivity contribution in [1.82, 2.24) is 4.98 Å². The third kappa shape index (κ3) is 3.75. The van der Waals surface area contributed by atoms with E-state index >= 15 is 0 Å². The highest BCUT2D eigenvalue weighted by atomic mass is 79.9. The summed E-state index contributed by atoms with van der Waals surface area (Å²) in [4.78, 5) is 15.9. The minimum atomic E-state index is -0.814. The van der Waals surface area contributed by atoms with Crippen molar-refractivity contribution in [2.24, 2.45) is 0 Å². The van der Waals surface area contributed by atoms with Gasteiger partial charge >= 0.3 is 0 Å². The zero-order valence-electron chi connectivity index (χ0n) is 11.1. The first-order chi connectivity index (χ1) is 10.0. The molecule has 0 saturated heterocycles. The number of amides is 1. The molecule has 0 atom stereocenters. The summed E-state index contributed by atoms with van der Waals surface area (Å²) in [6.45, 7) is 2.10. The summed E-state index contributed by atoms with van der Waals surface area (Å²) in [7, 11) is 0. The van der Waals surface area contributed by atoms with Gasteiger partial charge in [0.25, 0.3) is 5.91 Å². The van der Waals surface area contributed by atoms with Crippen molar-refractivity contribution < 1.29 is 13.6 Å². The summed E-state index contributed by atoms with van der Waals surface area (Å²) in [5.41, 5.74) is -0.354. The summed E-state index contributed by atoms with van der Waals surface area (Å²) >= 11 is 3.22. The first-order valence-electron chi connectivity index (χ1n) is 6.17. The molecule has 2 aromatic rings. The van der Waals surface area contributed by atoms with Gasteiger partial charge in [-0.2, -0.15) is 0 Å². The summed E-state index contributed by atoms with van der Waals surface area (Å²) in [6.07, 6.45) is 1.51. The monoisotopic (exact) mass is 355 g/mol. The molecule has 2 rings (SSSR count). The molecule has 0 aliphatic rings.